The summed E-state index contributed by atoms with van der Waals surface area (Å²) in [6.45, 7) is 2.91. The average molecular weight is 299 g/mol. The second kappa shape index (κ2) is 8.25. The predicted octanol–water partition coefficient (Wildman–Crippen LogP) is 1.65. The van der Waals surface area contributed by atoms with E-state index in [9.17, 15) is 9.90 Å². The topological polar surface area (TPSA) is 61.4 Å². The van der Waals surface area contributed by atoms with Gasteiger partial charge in [0.25, 0.3) is 0 Å². The minimum atomic E-state index is -0.307. The van der Waals surface area contributed by atoms with Crippen molar-refractivity contribution < 1.29 is 9.90 Å². The molecule has 0 aliphatic carbocycles. The van der Waals surface area contributed by atoms with Crippen LogP contribution in [0.2, 0.25) is 0 Å². The van der Waals surface area contributed by atoms with Crippen molar-refractivity contribution in [2.75, 3.05) is 13.2 Å². The van der Waals surface area contributed by atoms with Crippen molar-refractivity contribution in [3.8, 4) is 0 Å². The molecular weight excluding hydrogens is 276 g/mol. The smallest absolute Gasteiger partial charge is 0.223 e. The number of nitrogens with one attached hydrogen (secondary N) is 2. The molecule has 1 aromatic carbocycles. The van der Waals surface area contributed by atoms with Crippen LogP contribution in [0.15, 0.2) is 30.3 Å². The first-order chi connectivity index (χ1) is 9.20. The Bertz CT molecular complexity index is 414. The molecule has 1 fully saturated rings. The number of carbonyl (C=O) groups excluding carboxylic acids is 1. The van der Waals surface area contributed by atoms with Crippen LogP contribution in [0.5, 0.6) is 0 Å². The zero-order chi connectivity index (χ0) is 13.7. The Hall–Kier alpha value is -1.10. The highest BCUT2D eigenvalue weighted by Crippen LogP contribution is 2.18. The molecule has 0 aromatic heterocycles. The Balaban J connectivity index is 0.00000200. The molecular formula is C15H23ClN2O2. The molecule has 4 nitrogen and oxygen atoms in total. The van der Waals surface area contributed by atoms with Gasteiger partial charge in [-0.15, -0.1) is 12.4 Å². The maximum atomic E-state index is 12.2. The van der Waals surface area contributed by atoms with Crippen LogP contribution in [0, 0.1) is 5.92 Å². The molecule has 2 rings (SSSR count). The van der Waals surface area contributed by atoms with E-state index in [0.29, 0.717) is 6.04 Å². The largest absolute Gasteiger partial charge is 0.394 e. The third-order valence-corrected chi connectivity index (χ3v) is 3.70. The lowest BCUT2D eigenvalue weighted by molar-refractivity contribution is -0.127. The zero-order valence-electron chi connectivity index (χ0n) is 11.7. The van der Waals surface area contributed by atoms with Crippen LogP contribution in [0.4, 0.5) is 0 Å². The minimum Gasteiger partial charge on any atom is -0.394 e. The molecule has 112 valence electrons. The number of benzene rings is 1. The molecule has 0 spiro atoms. The summed E-state index contributed by atoms with van der Waals surface area (Å²) in [6.07, 6.45) is 1.72. The molecule has 1 aromatic rings. The normalized spacial score (nSPS) is 23.5. The van der Waals surface area contributed by atoms with E-state index in [1.165, 1.54) is 0 Å². The van der Waals surface area contributed by atoms with Gasteiger partial charge in [-0.2, -0.15) is 0 Å². The highest BCUT2D eigenvalue weighted by atomic mass is 35.5. The second-order valence-corrected chi connectivity index (χ2v) is 5.23. The van der Waals surface area contributed by atoms with Gasteiger partial charge in [0, 0.05) is 12.0 Å². The summed E-state index contributed by atoms with van der Waals surface area (Å²) < 4.78 is 0. The Kier molecular flexibility index (Phi) is 6.99. The van der Waals surface area contributed by atoms with E-state index in [-0.39, 0.29) is 36.9 Å². The lowest BCUT2D eigenvalue weighted by atomic mass is 9.92. The highest BCUT2D eigenvalue weighted by molar-refractivity contribution is 5.85. The van der Waals surface area contributed by atoms with Crippen molar-refractivity contribution in [2.24, 2.45) is 5.92 Å². The van der Waals surface area contributed by atoms with Gasteiger partial charge in [0.1, 0.15) is 0 Å². The Morgan fingerprint density at radius 1 is 1.45 bits per heavy atom. The van der Waals surface area contributed by atoms with Crippen LogP contribution in [-0.2, 0) is 4.79 Å². The van der Waals surface area contributed by atoms with Crippen molar-refractivity contribution in [3.05, 3.63) is 35.9 Å². The monoisotopic (exact) mass is 298 g/mol. The van der Waals surface area contributed by atoms with Gasteiger partial charge in [-0.3, -0.25) is 4.79 Å². The van der Waals surface area contributed by atoms with E-state index < -0.39 is 0 Å². The van der Waals surface area contributed by atoms with E-state index in [1.807, 2.05) is 30.3 Å². The molecule has 1 saturated heterocycles. The molecule has 0 saturated carbocycles. The predicted molar refractivity (Wildman–Crippen MR) is 81.8 cm³/mol. The van der Waals surface area contributed by atoms with Crippen LogP contribution in [0.1, 0.15) is 31.4 Å². The molecule has 1 amide bonds. The summed E-state index contributed by atoms with van der Waals surface area (Å²) in [5.74, 6) is 0.102. The van der Waals surface area contributed by atoms with Crippen LogP contribution in [0.25, 0.3) is 0 Å². The maximum Gasteiger partial charge on any atom is 0.223 e. The van der Waals surface area contributed by atoms with Crippen LogP contribution in [0.3, 0.4) is 0 Å². The quantitative estimate of drug-likeness (QED) is 0.792. The molecule has 5 heteroatoms. The molecule has 1 aliphatic heterocycles. The Labute approximate surface area is 126 Å². The fourth-order valence-electron chi connectivity index (χ4n) is 2.58. The Morgan fingerprint density at radius 2 is 2.15 bits per heavy atom. The number of amides is 1. The molecule has 3 N–H and O–H groups in total. The number of carbonyl (C=O) groups is 1. The summed E-state index contributed by atoms with van der Waals surface area (Å²) in [7, 11) is 0. The van der Waals surface area contributed by atoms with E-state index in [0.717, 1.165) is 24.9 Å². The lowest BCUT2D eigenvalue weighted by Gasteiger charge is -2.28. The molecule has 0 radical (unpaired) electrons. The van der Waals surface area contributed by atoms with E-state index in [2.05, 4.69) is 17.6 Å². The van der Waals surface area contributed by atoms with Gasteiger partial charge < -0.3 is 15.7 Å². The number of hydrogen-bond acceptors (Lipinski definition) is 3. The number of rotatable bonds is 4. The van der Waals surface area contributed by atoms with Crippen LogP contribution in [-0.4, -0.2) is 30.2 Å². The maximum absolute atomic E-state index is 12.2. The van der Waals surface area contributed by atoms with Gasteiger partial charge in [-0.25, -0.2) is 0 Å². The third kappa shape index (κ3) is 4.47. The van der Waals surface area contributed by atoms with Gasteiger partial charge in [0.2, 0.25) is 5.91 Å². The number of halogens is 1. The fourth-order valence-corrected chi connectivity index (χ4v) is 2.58. The second-order valence-electron chi connectivity index (χ2n) is 5.23. The van der Waals surface area contributed by atoms with Crippen molar-refractivity contribution in [1.82, 2.24) is 10.6 Å². The first kappa shape index (κ1) is 17.0. The molecule has 3 atom stereocenters. The van der Waals surface area contributed by atoms with E-state index in [4.69, 9.17) is 0 Å². The van der Waals surface area contributed by atoms with Gasteiger partial charge >= 0.3 is 0 Å². The van der Waals surface area contributed by atoms with Gasteiger partial charge in [0.15, 0.2) is 0 Å². The standard InChI is InChI=1S/C15H22N2O2.ClH/c1-11-9-13(7-8-16-11)15(19)17-14(10-18)12-5-3-2-4-6-12;/h2-6,11,13-14,16,18H,7-10H2,1H3,(H,17,19);1H/t11-,13-,14+;/m0./s1. The van der Waals surface area contributed by atoms with Gasteiger partial charge in [0.05, 0.1) is 12.6 Å². The number of aliphatic hydroxyl groups is 1. The van der Waals surface area contributed by atoms with E-state index in [1.54, 1.807) is 0 Å². The molecule has 20 heavy (non-hydrogen) atoms. The van der Waals surface area contributed by atoms with Crippen molar-refractivity contribution in [1.29, 1.82) is 0 Å². The first-order valence-corrected chi connectivity index (χ1v) is 6.90. The summed E-state index contributed by atoms with van der Waals surface area (Å²) in [5, 5.41) is 15.7. The minimum absolute atomic E-state index is 0. The first-order valence-electron chi connectivity index (χ1n) is 6.90. The van der Waals surface area contributed by atoms with E-state index >= 15 is 0 Å². The van der Waals surface area contributed by atoms with Crippen molar-refractivity contribution in [2.45, 2.75) is 31.8 Å². The van der Waals surface area contributed by atoms with Crippen molar-refractivity contribution >= 4 is 18.3 Å². The number of aliphatic hydroxyl groups excluding tert-OH is 1. The van der Waals surface area contributed by atoms with Gasteiger partial charge in [-0.05, 0) is 31.9 Å². The Morgan fingerprint density at radius 3 is 2.75 bits per heavy atom. The molecule has 1 aliphatic rings. The molecule has 1 heterocycles. The summed E-state index contributed by atoms with van der Waals surface area (Å²) in [5.41, 5.74) is 0.945. The molecule has 0 bridgehead atoms. The third-order valence-electron chi connectivity index (χ3n) is 3.70. The summed E-state index contributed by atoms with van der Waals surface area (Å²) in [6, 6.07) is 9.67. The highest BCUT2D eigenvalue weighted by Gasteiger charge is 2.26. The number of hydrogen-bond donors (Lipinski definition) is 3. The average Bonchev–Trinajstić information content (AvgIpc) is 2.45. The van der Waals surface area contributed by atoms with Gasteiger partial charge in [-0.1, -0.05) is 30.3 Å². The summed E-state index contributed by atoms with van der Waals surface area (Å²) >= 11 is 0. The summed E-state index contributed by atoms with van der Waals surface area (Å²) in [4.78, 5) is 12.2. The molecule has 0 unspecified atom stereocenters. The SMILES string of the molecule is C[C@H]1C[C@@H](C(=O)N[C@H](CO)c2ccccc2)CCN1.Cl. The van der Waals surface area contributed by atoms with Crippen LogP contribution < -0.4 is 10.6 Å². The lowest BCUT2D eigenvalue weighted by Crippen LogP contribution is -2.43. The number of piperidine rings is 1. The van der Waals surface area contributed by atoms with Crippen molar-refractivity contribution in [3.63, 3.8) is 0 Å². The zero-order valence-corrected chi connectivity index (χ0v) is 12.5. The fraction of sp³-hybridized carbons (Fsp3) is 0.533. The van der Waals surface area contributed by atoms with Crippen LogP contribution >= 0.6 is 12.4 Å².